The summed E-state index contributed by atoms with van der Waals surface area (Å²) >= 11 is 0. The van der Waals surface area contributed by atoms with Gasteiger partial charge in [0.25, 0.3) is 0 Å². The maximum absolute atomic E-state index is 12.4. The molecule has 2 aromatic heterocycles. The quantitative estimate of drug-likeness (QED) is 0.315. The van der Waals surface area contributed by atoms with Crippen LogP contribution in [0.15, 0.2) is 110 Å². The Morgan fingerprint density at radius 3 is 1.77 bits per heavy atom. The molecule has 7 heteroatoms. The Balaban J connectivity index is 1.67. The van der Waals surface area contributed by atoms with Gasteiger partial charge in [0.15, 0.2) is 5.54 Å². The molecule has 0 aliphatic rings. The van der Waals surface area contributed by atoms with Crippen LogP contribution in [0.5, 0.6) is 0 Å². The molecule has 0 bridgehead atoms. The summed E-state index contributed by atoms with van der Waals surface area (Å²) in [5.74, 6) is 0. The maximum Gasteiger partial charge on any atom is 0.419 e. The van der Waals surface area contributed by atoms with Crippen molar-refractivity contribution in [3.05, 3.63) is 138 Å². The average molecular weight is 464 g/mol. The van der Waals surface area contributed by atoms with Crippen LogP contribution in [-0.4, -0.2) is 30.6 Å². The Morgan fingerprint density at radius 2 is 1.31 bits per heavy atom. The van der Waals surface area contributed by atoms with Crippen molar-refractivity contribution in [1.82, 2.24) is 24.5 Å². The second-order valence-electron chi connectivity index (χ2n) is 8.07. The van der Waals surface area contributed by atoms with E-state index in [2.05, 4.69) is 41.4 Å². The molecule has 174 valence electrons. The van der Waals surface area contributed by atoms with Crippen molar-refractivity contribution < 1.29 is 9.53 Å². The third kappa shape index (κ3) is 4.12. The number of imidazole rings is 1. The smallest absolute Gasteiger partial charge is 0.419 e. The molecule has 0 amide bonds. The molecular formula is C28H25N5O2. The van der Waals surface area contributed by atoms with Gasteiger partial charge in [0.05, 0.1) is 5.69 Å². The van der Waals surface area contributed by atoms with Crippen LogP contribution in [0.4, 0.5) is 4.79 Å². The highest BCUT2D eigenvalue weighted by atomic mass is 16.5. The molecule has 0 N–H and O–H groups in total. The number of nitrogens with zero attached hydrogens (tertiary/aromatic N) is 5. The van der Waals surface area contributed by atoms with E-state index in [1.807, 2.05) is 61.5 Å². The molecule has 5 rings (SSSR count). The summed E-state index contributed by atoms with van der Waals surface area (Å²) in [6.07, 6.45) is 4.62. The summed E-state index contributed by atoms with van der Waals surface area (Å²) in [5, 5.41) is 9.91. The third-order valence-corrected chi connectivity index (χ3v) is 6.02. The number of aromatic nitrogens is 5. The Kier molecular flexibility index (Phi) is 6.22. The molecule has 3 aromatic carbocycles. The molecule has 2 heterocycles. The third-order valence-electron chi connectivity index (χ3n) is 6.02. The monoisotopic (exact) mass is 463 g/mol. The van der Waals surface area contributed by atoms with Crippen LogP contribution < -0.4 is 0 Å². The van der Waals surface area contributed by atoms with E-state index in [1.165, 1.54) is 17.1 Å². The van der Waals surface area contributed by atoms with Gasteiger partial charge in [-0.15, -0.1) is 0 Å². The summed E-state index contributed by atoms with van der Waals surface area (Å²) < 4.78 is 6.82. The zero-order valence-electron chi connectivity index (χ0n) is 19.4. The first kappa shape index (κ1) is 22.3. The Hall–Kier alpha value is -4.52. The molecule has 0 aliphatic heterocycles. The number of aryl methyl sites for hydroxylation is 1. The fraction of sp³-hybridized carbons (Fsp3) is 0.143. The summed E-state index contributed by atoms with van der Waals surface area (Å²) in [6.45, 7) is 2.03. The molecule has 35 heavy (non-hydrogen) atoms. The zero-order chi connectivity index (χ0) is 24.1. The van der Waals surface area contributed by atoms with E-state index in [0.29, 0.717) is 12.1 Å². The van der Waals surface area contributed by atoms with Crippen LogP contribution >= 0.6 is 0 Å². The molecule has 0 fully saturated rings. The van der Waals surface area contributed by atoms with E-state index in [9.17, 15) is 4.79 Å². The van der Waals surface area contributed by atoms with E-state index < -0.39 is 11.6 Å². The molecular weight excluding hydrogens is 438 g/mol. The lowest BCUT2D eigenvalue weighted by molar-refractivity contribution is 0.139. The molecule has 0 saturated carbocycles. The topological polar surface area (TPSA) is 74.8 Å². The van der Waals surface area contributed by atoms with Crippen molar-refractivity contribution in [1.29, 1.82) is 0 Å². The van der Waals surface area contributed by atoms with Gasteiger partial charge < -0.3 is 4.74 Å². The second-order valence-corrected chi connectivity index (χ2v) is 8.07. The van der Waals surface area contributed by atoms with Crippen molar-refractivity contribution in [2.24, 2.45) is 0 Å². The van der Waals surface area contributed by atoms with Crippen molar-refractivity contribution in [2.75, 3.05) is 0 Å². The molecule has 0 saturated heterocycles. The van der Waals surface area contributed by atoms with Gasteiger partial charge >= 0.3 is 6.09 Å². The number of carbonyl (C=O) groups excluding carboxylic acids is 1. The minimum atomic E-state index is -0.819. The number of benzene rings is 3. The van der Waals surface area contributed by atoms with Crippen LogP contribution in [0.2, 0.25) is 0 Å². The van der Waals surface area contributed by atoms with Crippen molar-refractivity contribution in [3.8, 4) is 0 Å². The van der Waals surface area contributed by atoms with Crippen LogP contribution in [0.1, 0.15) is 35.0 Å². The number of carbonyl (C=O) groups is 1. The fourth-order valence-electron chi connectivity index (χ4n) is 4.36. The van der Waals surface area contributed by atoms with Gasteiger partial charge in [-0.3, -0.25) is 0 Å². The average Bonchev–Trinajstić information content (AvgIpc) is 3.61. The van der Waals surface area contributed by atoms with E-state index in [0.717, 1.165) is 22.4 Å². The van der Waals surface area contributed by atoms with E-state index in [-0.39, 0.29) is 6.61 Å². The second kappa shape index (κ2) is 9.77. The molecule has 0 radical (unpaired) electrons. The van der Waals surface area contributed by atoms with E-state index in [1.54, 1.807) is 11.0 Å². The van der Waals surface area contributed by atoms with Gasteiger partial charge in [-0.2, -0.15) is 15.0 Å². The van der Waals surface area contributed by atoms with Crippen LogP contribution in [0.3, 0.4) is 0 Å². The summed E-state index contributed by atoms with van der Waals surface area (Å²) in [6, 6.07) is 30.7. The largest absolute Gasteiger partial charge is 0.442 e. The van der Waals surface area contributed by atoms with Gasteiger partial charge in [-0.05, 0) is 23.1 Å². The molecule has 0 atom stereocenters. The predicted molar refractivity (Wildman–Crippen MR) is 132 cm³/mol. The van der Waals surface area contributed by atoms with Gasteiger partial charge in [0.1, 0.15) is 18.6 Å². The first-order valence-corrected chi connectivity index (χ1v) is 11.5. The lowest BCUT2D eigenvalue weighted by Gasteiger charge is -2.34. The number of ether oxygens (including phenoxy) is 1. The molecule has 7 nitrogen and oxygen atoms in total. The number of hydrogen-bond acceptors (Lipinski definition) is 5. The Bertz CT molecular complexity index is 1280. The summed E-state index contributed by atoms with van der Waals surface area (Å²) in [4.78, 5) is 18.1. The Labute approximate surface area is 203 Å². The number of hydrogen-bond donors (Lipinski definition) is 0. The van der Waals surface area contributed by atoms with Crippen molar-refractivity contribution >= 4 is 6.09 Å². The highest BCUT2D eigenvalue weighted by Gasteiger charge is 2.41. The lowest BCUT2D eigenvalue weighted by atomic mass is 9.77. The van der Waals surface area contributed by atoms with Gasteiger partial charge in [-0.25, -0.2) is 14.3 Å². The van der Waals surface area contributed by atoms with E-state index >= 15 is 0 Å². The zero-order valence-corrected chi connectivity index (χ0v) is 19.4. The highest BCUT2D eigenvalue weighted by molar-refractivity contribution is 5.69. The van der Waals surface area contributed by atoms with Crippen molar-refractivity contribution in [2.45, 2.75) is 25.5 Å². The number of rotatable bonds is 7. The van der Waals surface area contributed by atoms with Gasteiger partial charge in [-0.1, -0.05) is 97.9 Å². The predicted octanol–water partition coefficient (Wildman–Crippen LogP) is 5.06. The fourth-order valence-corrected chi connectivity index (χ4v) is 4.36. The molecule has 0 spiro atoms. The van der Waals surface area contributed by atoms with Crippen LogP contribution in [0, 0.1) is 0 Å². The summed E-state index contributed by atoms with van der Waals surface area (Å²) in [7, 11) is 0. The van der Waals surface area contributed by atoms with E-state index in [4.69, 9.17) is 14.9 Å². The highest BCUT2D eigenvalue weighted by Crippen LogP contribution is 2.40. The lowest BCUT2D eigenvalue weighted by Crippen LogP contribution is -2.39. The molecule has 5 aromatic rings. The normalized spacial score (nSPS) is 11.3. The van der Waals surface area contributed by atoms with Crippen molar-refractivity contribution in [3.63, 3.8) is 0 Å². The molecule has 0 aliphatic carbocycles. The minimum Gasteiger partial charge on any atom is -0.442 e. The van der Waals surface area contributed by atoms with Gasteiger partial charge in [0.2, 0.25) is 0 Å². The standard InChI is InChI=1S/C28H25N5O2/c1-2-25-26(20-35-27(34)32-19-18-29-21-32)31-33(30-25)28(22-12-6-3-7-13-22,23-14-8-4-9-15-23)24-16-10-5-11-17-24/h3-19,21H,2,20H2,1H3. The minimum absolute atomic E-state index is 0.00857. The Morgan fingerprint density at radius 1 is 0.800 bits per heavy atom. The first-order valence-electron chi connectivity index (χ1n) is 11.5. The SMILES string of the molecule is CCc1nn(C(c2ccccc2)(c2ccccc2)c2ccccc2)nc1COC(=O)n1ccnc1. The molecule has 0 unspecified atom stereocenters. The van der Waals surface area contributed by atoms with Crippen LogP contribution in [0.25, 0.3) is 0 Å². The summed E-state index contributed by atoms with van der Waals surface area (Å²) in [5.41, 5.74) is 3.65. The van der Waals surface area contributed by atoms with Gasteiger partial charge in [0, 0.05) is 12.4 Å². The maximum atomic E-state index is 12.4. The first-order chi connectivity index (χ1) is 17.2. The van der Waals surface area contributed by atoms with Crippen LogP contribution in [-0.2, 0) is 23.3 Å².